The Hall–Kier alpha value is -1.13. The highest BCUT2D eigenvalue weighted by Crippen LogP contribution is 2.43. The highest BCUT2D eigenvalue weighted by atomic mass is 35.5. The summed E-state index contributed by atoms with van der Waals surface area (Å²) in [5, 5.41) is 0.210. The van der Waals surface area contributed by atoms with Gasteiger partial charge in [0.05, 0.1) is 13.2 Å². The molecule has 0 aromatic carbocycles. The Balaban J connectivity index is 2.22. The Morgan fingerprint density at radius 3 is 3.13 bits per heavy atom. The maximum Gasteiger partial charge on any atom is 0.342 e. The summed E-state index contributed by atoms with van der Waals surface area (Å²) >= 11 is 5.87. The third kappa shape index (κ3) is 1.12. The molecule has 1 saturated heterocycles. The lowest BCUT2D eigenvalue weighted by atomic mass is 9.93. The summed E-state index contributed by atoms with van der Waals surface area (Å²) in [7, 11) is 0. The van der Waals surface area contributed by atoms with Crippen molar-refractivity contribution < 1.29 is 14.3 Å². The fraction of sp³-hybridized carbons (Fsp3) is 0.400. The molecule has 1 aromatic rings. The molecule has 1 aromatic heterocycles. The number of hydrogen-bond acceptors (Lipinski definition) is 4. The molecule has 1 unspecified atom stereocenters. The van der Waals surface area contributed by atoms with E-state index >= 15 is 0 Å². The smallest absolute Gasteiger partial charge is 0.342 e. The first-order chi connectivity index (χ1) is 7.23. The topological polar surface area (TPSA) is 48.4 Å². The van der Waals surface area contributed by atoms with Gasteiger partial charge in [-0.05, 0) is 6.07 Å². The van der Waals surface area contributed by atoms with Gasteiger partial charge in [-0.2, -0.15) is 0 Å². The van der Waals surface area contributed by atoms with Gasteiger partial charge in [-0.3, -0.25) is 0 Å². The molecule has 0 N–H and O–H groups in total. The lowest BCUT2D eigenvalue weighted by molar-refractivity contribution is -0.0128. The van der Waals surface area contributed by atoms with Gasteiger partial charge in [-0.1, -0.05) is 11.6 Å². The second-order valence-electron chi connectivity index (χ2n) is 3.71. The van der Waals surface area contributed by atoms with E-state index in [0.717, 1.165) is 5.56 Å². The Kier molecular flexibility index (Phi) is 1.78. The number of pyridine rings is 1. The molecule has 0 amide bonds. The summed E-state index contributed by atoms with van der Waals surface area (Å²) in [5.74, 6) is -0.395. The van der Waals surface area contributed by atoms with E-state index in [-0.39, 0.29) is 5.15 Å². The zero-order valence-corrected chi connectivity index (χ0v) is 8.58. The molecule has 0 saturated carbocycles. The predicted octanol–water partition coefficient (Wildman–Crippen LogP) is 1.52. The summed E-state index contributed by atoms with van der Waals surface area (Å²) in [6.07, 6.45) is 2.27. The number of fused-ring (bicyclic) bond motifs is 2. The van der Waals surface area contributed by atoms with Crippen LogP contribution in [0.1, 0.15) is 22.3 Å². The quantitative estimate of drug-likeness (QED) is 0.496. The highest BCUT2D eigenvalue weighted by molar-refractivity contribution is 6.32. The fourth-order valence-corrected chi connectivity index (χ4v) is 2.37. The van der Waals surface area contributed by atoms with Crippen molar-refractivity contribution in [2.24, 2.45) is 0 Å². The van der Waals surface area contributed by atoms with Gasteiger partial charge in [0, 0.05) is 18.2 Å². The molecule has 2 aliphatic heterocycles. The van der Waals surface area contributed by atoms with E-state index < -0.39 is 11.6 Å². The van der Waals surface area contributed by atoms with Crippen molar-refractivity contribution in [2.75, 3.05) is 13.2 Å². The van der Waals surface area contributed by atoms with Crippen molar-refractivity contribution in [3.63, 3.8) is 0 Å². The predicted molar refractivity (Wildman–Crippen MR) is 51.8 cm³/mol. The van der Waals surface area contributed by atoms with Gasteiger partial charge >= 0.3 is 5.97 Å². The molecule has 15 heavy (non-hydrogen) atoms. The molecule has 5 heteroatoms. The van der Waals surface area contributed by atoms with Crippen LogP contribution in [0.4, 0.5) is 0 Å². The van der Waals surface area contributed by atoms with Crippen LogP contribution in [0.3, 0.4) is 0 Å². The summed E-state index contributed by atoms with van der Waals surface area (Å²) in [5.41, 5.74) is 0.591. The third-order valence-electron chi connectivity index (χ3n) is 2.87. The lowest BCUT2D eigenvalue weighted by Crippen LogP contribution is -2.26. The van der Waals surface area contributed by atoms with Crippen LogP contribution >= 0.6 is 11.6 Å². The minimum Gasteiger partial charge on any atom is -0.448 e. The van der Waals surface area contributed by atoms with E-state index in [1.54, 1.807) is 12.3 Å². The van der Waals surface area contributed by atoms with Crippen molar-refractivity contribution in [1.29, 1.82) is 0 Å². The Morgan fingerprint density at radius 1 is 1.53 bits per heavy atom. The first kappa shape index (κ1) is 9.12. The fourth-order valence-electron chi connectivity index (χ4n) is 2.13. The SMILES string of the molecule is O=C1OC2(CCOC2)c2ccnc(Cl)c21. The van der Waals surface area contributed by atoms with Crippen LogP contribution < -0.4 is 0 Å². The van der Waals surface area contributed by atoms with Gasteiger partial charge < -0.3 is 9.47 Å². The minimum atomic E-state index is -0.612. The summed E-state index contributed by atoms with van der Waals surface area (Å²) in [6, 6.07) is 1.78. The second-order valence-corrected chi connectivity index (χ2v) is 4.07. The number of halogens is 1. The number of hydrogen-bond donors (Lipinski definition) is 0. The van der Waals surface area contributed by atoms with Crippen molar-refractivity contribution in [3.05, 3.63) is 28.5 Å². The molecule has 4 nitrogen and oxygen atoms in total. The Labute approximate surface area is 91.2 Å². The maximum atomic E-state index is 11.6. The van der Waals surface area contributed by atoms with Gasteiger partial charge in [-0.25, -0.2) is 9.78 Å². The van der Waals surface area contributed by atoms with E-state index in [9.17, 15) is 4.79 Å². The molecule has 0 radical (unpaired) electrons. The molecule has 0 bridgehead atoms. The van der Waals surface area contributed by atoms with Crippen LogP contribution in [0.25, 0.3) is 0 Å². The summed E-state index contributed by atoms with van der Waals surface area (Å²) in [4.78, 5) is 15.5. The number of aromatic nitrogens is 1. The molecule has 1 fully saturated rings. The van der Waals surface area contributed by atoms with Crippen LogP contribution in [0, 0.1) is 0 Å². The molecule has 3 rings (SSSR count). The molecular weight excluding hydrogens is 218 g/mol. The highest BCUT2D eigenvalue weighted by Gasteiger charge is 2.49. The number of esters is 1. The standard InChI is InChI=1S/C10H8ClNO3/c11-8-7-6(1-3-12-8)10(15-9(7)13)2-4-14-5-10/h1,3H,2,4-5H2. The number of carbonyl (C=O) groups excluding carboxylic acids is 1. The molecule has 3 heterocycles. The average molecular weight is 226 g/mol. The van der Waals surface area contributed by atoms with Crippen molar-refractivity contribution in [1.82, 2.24) is 4.98 Å². The second kappa shape index (κ2) is 2.93. The largest absolute Gasteiger partial charge is 0.448 e. The van der Waals surface area contributed by atoms with Crippen LogP contribution in [-0.2, 0) is 15.1 Å². The number of rotatable bonds is 0. The number of ether oxygens (including phenoxy) is 2. The van der Waals surface area contributed by atoms with Crippen LogP contribution in [-0.4, -0.2) is 24.2 Å². The number of nitrogens with zero attached hydrogens (tertiary/aromatic N) is 1. The van der Waals surface area contributed by atoms with Gasteiger partial charge in [0.25, 0.3) is 0 Å². The van der Waals surface area contributed by atoms with Crippen molar-refractivity contribution in [3.8, 4) is 0 Å². The van der Waals surface area contributed by atoms with Crippen molar-refractivity contribution in [2.45, 2.75) is 12.0 Å². The van der Waals surface area contributed by atoms with Gasteiger partial charge in [0.1, 0.15) is 10.7 Å². The van der Waals surface area contributed by atoms with E-state index in [2.05, 4.69) is 4.98 Å². The summed E-state index contributed by atoms with van der Waals surface area (Å²) in [6.45, 7) is 1.01. The van der Waals surface area contributed by atoms with E-state index in [1.807, 2.05) is 0 Å². The molecule has 1 spiro atoms. The van der Waals surface area contributed by atoms with Gasteiger partial charge in [-0.15, -0.1) is 0 Å². The zero-order valence-electron chi connectivity index (χ0n) is 7.83. The van der Waals surface area contributed by atoms with E-state index in [1.165, 1.54) is 0 Å². The number of carbonyl (C=O) groups is 1. The Bertz CT molecular complexity index is 440. The first-order valence-electron chi connectivity index (χ1n) is 4.69. The average Bonchev–Trinajstić information content (AvgIpc) is 2.76. The minimum absolute atomic E-state index is 0.210. The molecule has 78 valence electrons. The first-order valence-corrected chi connectivity index (χ1v) is 5.07. The molecular formula is C10H8ClNO3. The summed E-state index contributed by atoms with van der Waals surface area (Å²) < 4.78 is 10.7. The zero-order chi connectivity index (χ0) is 10.5. The van der Waals surface area contributed by atoms with E-state index in [0.29, 0.717) is 25.2 Å². The van der Waals surface area contributed by atoms with Crippen LogP contribution in [0.5, 0.6) is 0 Å². The van der Waals surface area contributed by atoms with Gasteiger partial charge in [0.2, 0.25) is 0 Å². The van der Waals surface area contributed by atoms with Crippen LogP contribution in [0.15, 0.2) is 12.3 Å². The maximum absolute atomic E-state index is 11.6. The molecule has 0 aliphatic carbocycles. The van der Waals surface area contributed by atoms with E-state index in [4.69, 9.17) is 21.1 Å². The molecule has 1 atom stereocenters. The monoisotopic (exact) mass is 225 g/mol. The lowest BCUT2D eigenvalue weighted by Gasteiger charge is -2.20. The normalized spacial score (nSPS) is 28.2. The van der Waals surface area contributed by atoms with Gasteiger partial charge in [0.15, 0.2) is 5.60 Å². The Morgan fingerprint density at radius 2 is 2.40 bits per heavy atom. The molecule has 2 aliphatic rings. The van der Waals surface area contributed by atoms with Crippen molar-refractivity contribution >= 4 is 17.6 Å². The third-order valence-corrected chi connectivity index (χ3v) is 3.16. The van der Waals surface area contributed by atoms with Crippen LogP contribution in [0.2, 0.25) is 5.15 Å².